The van der Waals surface area contributed by atoms with E-state index in [-0.39, 0.29) is 12.5 Å². The van der Waals surface area contributed by atoms with Crippen LogP contribution in [0.1, 0.15) is 28.4 Å². The minimum atomic E-state index is -0.392. The quantitative estimate of drug-likeness (QED) is 0.183. The predicted molar refractivity (Wildman–Crippen MR) is 159 cm³/mol. The van der Waals surface area contributed by atoms with Gasteiger partial charge in [0.2, 0.25) is 0 Å². The van der Waals surface area contributed by atoms with Crippen molar-refractivity contribution in [2.24, 2.45) is 4.99 Å². The molecule has 39 heavy (non-hydrogen) atoms. The summed E-state index contributed by atoms with van der Waals surface area (Å²) in [7, 11) is 3.21. The van der Waals surface area contributed by atoms with Gasteiger partial charge in [0.25, 0.3) is 5.91 Å². The van der Waals surface area contributed by atoms with Crippen LogP contribution >= 0.6 is 50.9 Å². The highest BCUT2D eigenvalue weighted by atomic mass is 79.9. The maximum Gasteiger partial charge on any atom is 0.338 e. The van der Waals surface area contributed by atoms with Gasteiger partial charge in [-0.05, 0) is 94.8 Å². The molecule has 1 saturated heterocycles. The van der Waals surface area contributed by atoms with Crippen LogP contribution in [0, 0.1) is 0 Å². The van der Waals surface area contributed by atoms with Gasteiger partial charge in [-0.1, -0.05) is 29.3 Å². The van der Waals surface area contributed by atoms with Crippen LogP contribution in [0.15, 0.2) is 69.0 Å². The molecular weight excluding hydrogens is 627 g/mol. The molecule has 1 heterocycles. The maximum absolute atomic E-state index is 13.0. The van der Waals surface area contributed by atoms with Crippen LogP contribution in [-0.2, 0) is 16.1 Å². The van der Waals surface area contributed by atoms with Gasteiger partial charge in [0.05, 0.1) is 34.3 Å². The average Bonchev–Trinajstić information content (AvgIpc) is 3.16. The van der Waals surface area contributed by atoms with Crippen LogP contribution in [0.25, 0.3) is 6.08 Å². The number of amides is 1. The zero-order chi connectivity index (χ0) is 28.1. The number of carbonyl (C=O) groups is 2. The zero-order valence-corrected chi connectivity index (χ0v) is 25.1. The summed E-state index contributed by atoms with van der Waals surface area (Å²) in [6, 6.07) is 15.5. The third-order valence-corrected chi connectivity index (χ3v) is 7.78. The summed E-state index contributed by atoms with van der Waals surface area (Å²) < 4.78 is 17.2. The topological polar surface area (TPSA) is 77.4 Å². The Morgan fingerprint density at radius 2 is 1.87 bits per heavy atom. The summed E-state index contributed by atoms with van der Waals surface area (Å²) in [6.45, 7) is 2.27. The zero-order valence-electron chi connectivity index (χ0n) is 21.2. The fourth-order valence-corrected chi connectivity index (χ4v) is 5.58. The highest BCUT2D eigenvalue weighted by Gasteiger charge is 2.30. The molecule has 1 aliphatic heterocycles. The minimum absolute atomic E-state index is 0.185. The first-order valence-electron chi connectivity index (χ1n) is 11.7. The van der Waals surface area contributed by atoms with Crippen molar-refractivity contribution in [1.29, 1.82) is 0 Å². The first-order valence-corrected chi connectivity index (χ1v) is 14.0. The van der Waals surface area contributed by atoms with Gasteiger partial charge in [0, 0.05) is 22.7 Å². The number of nitrogens with zero attached hydrogens (tertiary/aromatic N) is 2. The summed E-state index contributed by atoms with van der Waals surface area (Å²) in [5.74, 6) is 0.410. The molecule has 7 nitrogen and oxygen atoms in total. The highest BCUT2D eigenvalue weighted by molar-refractivity contribution is 9.10. The average molecular weight is 650 g/mol. The Labute approximate surface area is 248 Å². The molecule has 0 saturated carbocycles. The first kappa shape index (κ1) is 29.0. The van der Waals surface area contributed by atoms with E-state index in [0.29, 0.717) is 53.9 Å². The number of hydrogen-bond acceptors (Lipinski definition) is 7. The Balaban J connectivity index is 1.53. The molecule has 0 radical (unpaired) electrons. The lowest BCUT2D eigenvalue weighted by Gasteiger charge is -2.14. The van der Waals surface area contributed by atoms with Crippen LogP contribution in [0.2, 0.25) is 10.0 Å². The normalized spacial score (nSPS) is 15.2. The number of rotatable bonds is 8. The van der Waals surface area contributed by atoms with Crippen molar-refractivity contribution in [3.05, 3.63) is 90.7 Å². The number of methoxy groups -OCH3 is 1. The van der Waals surface area contributed by atoms with E-state index < -0.39 is 5.97 Å². The Kier molecular flexibility index (Phi) is 9.61. The standard InChI is InChI=1S/C28H23BrCl2N2O5S/c1-4-37-27(35)17-6-9-20(10-7-17)32-28-33(2)26(34)24(39-28)13-16-11-21(29)25(23(12-16)36-3)38-15-18-5-8-19(30)14-22(18)31/h5-14H,4,15H2,1-3H3. The number of likely N-dealkylation sites (N-methyl/N-ethyl adjacent to an activating group) is 1. The molecule has 1 fully saturated rings. The molecule has 202 valence electrons. The molecule has 11 heteroatoms. The smallest absolute Gasteiger partial charge is 0.338 e. The summed E-state index contributed by atoms with van der Waals surface area (Å²) >= 11 is 17.1. The van der Waals surface area contributed by atoms with Crippen molar-refractivity contribution >= 4 is 79.7 Å². The first-order chi connectivity index (χ1) is 18.7. The lowest BCUT2D eigenvalue weighted by molar-refractivity contribution is -0.121. The molecule has 0 bridgehead atoms. The maximum atomic E-state index is 13.0. The van der Waals surface area contributed by atoms with E-state index in [0.717, 1.165) is 11.1 Å². The van der Waals surface area contributed by atoms with E-state index in [1.807, 2.05) is 6.07 Å². The van der Waals surface area contributed by atoms with Gasteiger partial charge in [-0.2, -0.15) is 0 Å². The van der Waals surface area contributed by atoms with Gasteiger partial charge in [0.15, 0.2) is 16.7 Å². The molecule has 4 rings (SSSR count). The molecule has 0 spiro atoms. The predicted octanol–water partition coefficient (Wildman–Crippen LogP) is 7.75. The van der Waals surface area contributed by atoms with Gasteiger partial charge in [-0.25, -0.2) is 9.79 Å². The Morgan fingerprint density at radius 1 is 1.13 bits per heavy atom. The number of ether oxygens (including phenoxy) is 3. The van der Waals surface area contributed by atoms with E-state index in [9.17, 15) is 9.59 Å². The second-order valence-electron chi connectivity index (χ2n) is 8.20. The number of esters is 1. The monoisotopic (exact) mass is 648 g/mol. The largest absolute Gasteiger partial charge is 0.493 e. The van der Waals surface area contributed by atoms with Crippen molar-refractivity contribution in [2.75, 3.05) is 20.8 Å². The fraction of sp³-hybridized carbons (Fsp3) is 0.179. The molecule has 1 amide bonds. The number of benzene rings is 3. The van der Waals surface area contributed by atoms with Crippen LogP contribution in [0.3, 0.4) is 0 Å². The molecule has 1 aliphatic rings. The van der Waals surface area contributed by atoms with Gasteiger partial charge < -0.3 is 14.2 Å². The van der Waals surface area contributed by atoms with Gasteiger partial charge in [-0.15, -0.1) is 0 Å². The fourth-order valence-electron chi connectivity index (χ4n) is 3.55. The summed E-state index contributed by atoms with van der Waals surface area (Å²) in [5.41, 5.74) is 2.56. The lowest BCUT2D eigenvalue weighted by atomic mass is 10.1. The van der Waals surface area contributed by atoms with Crippen molar-refractivity contribution in [1.82, 2.24) is 4.90 Å². The molecule has 0 unspecified atom stereocenters. The van der Waals surface area contributed by atoms with Crippen molar-refractivity contribution in [3.8, 4) is 11.5 Å². The Hall–Kier alpha value is -2.98. The molecule has 0 aromatic heterocycles. The summed E-state index contributed by atoms with van der Waals surface area (Å²) in [5, 5.41) is 1.57. The minimum Gasteiger partial charge on any atom is -0.493 e. The Bertz CT molecular complexity index is 1480. The molecule has 0 atom stereocenters. The van der Waals surface area contributed by atoms with Crippen LogP contribution < -0.4 is 9.47 Å². The number of thioether (sulfide) groups is 1. The van der Waals surface area contributed by atoms with Crippen LogP contribution in [-0.4, -0.2) is 42.7 Å². The van der Waals surface area contributed by atoms with Crippen molar-refractivity contribution in [2.45, 2.75) is 13.5 Å². The summed E-state index contributed by atoms with van der Waals surface area (Å²) in [6.07, 6.45) is 1.77. The van der Waals surface area contributed by atoms with Crippen molar-refractivity contribution in [3.63, 3.8) is 0 Å². The second kappa shape index (κ2) is 12.9. The van der Waals surface area contributed by atoms with E-state index in [1.54, 1.807) is 75.7 Å². The number of aliphatic imine (C=N–C) groups is 1. The lowest BCUT2D eigenvalue weighted by Crippen LogP contribution is -2.23. The van der Waals surface area contributed by atoms with E-state index in [2.05, 4.69) is 20.9 Å². The SMILES string of the molecule is CCOC(=O)c1ccc(N=C2SC(=Cc3cc(Br)c(OCc4ccc(Cl)cc4Cl)c(OC)c3)C(=O)N2C)cc1. The Morgan fingerprint density at radius 3 is 2.54 bits per heavy atom. The third-order valence-electron chi connectivity index (χ3n) is 5.54. The molecule has 0 aliphatic carbocycles. The second-order valence-corrected chi connectivity index (χ2v) is 10.9. The molecule has 3 aromatic rings. The van der Waals surface area contributed by atoms with E-state index >= 15 is 0 Å². The number of amidine groups is 1. The van der Waals surface area contributed by atoms with Crippen molar-refractivity contribution < 1.29 is 23.8 Å². The number of hydrogen-bond donors (Lipinski definition) is 0. The number of carbonyl (C=O) groups excluding carboxylic acids is 2. The van der Waals surface area contributed by atoms with E-state index in [1.165, 1.54) is 16.7 Å². The molecule has 0 N–H and O–H groups in total. The molecular formula is C28H23BrCl2N2O5S. The third kappa shape index (κ3) is 6.97. The van der Waals surface area contributed by atoms with Crippen LogP contribution in [0.4, 0.5) is 5.69 Å². The van der Waals surface area contributed by atoms with E-state index in [4.69, 9.17) is 37.4 Å². The summed E-state index contributed by atoms with van der Waals surface area (Å²) in [4.78, 5) is 31.4. The van der Waals surface area contributed by atoms with Gasteiger partial charge in [-0.3, -0.25) is 9.69 Å². The van der Waals surface area contributed by atoms with Crippen LogP contribution in [0.5, 0.6) is 11.5 Å². The number of halogens is 3. The molecule has 3 aromatic carbocycles. The highest BCUT2D eigenvalue weighted by Crippen LogP contribution is 2.40. The van der Waals surface area contributed by atoms with Gasteiger partial charge >= 0.3 is 5.97 Å². The van der Waals surface area contributed by atoms with Gasteiger partial charge in [0.1, 0.15) is 6.61 Å².